The molecular formula is C17H21NO4. The lowest BCUT2D eigenvalue weighted by Crippen LogP contribution is -2.37. The van der Waals surface area contributed by atoms with Gasteiger partial charge in [0.2, 0.25) is 5.91 Å². The van der Waals surface area contributed by atoms with Crippen molar-refractivity contribution >= 4 is 11.9 Å². The molecule has 0 saturated carbocycles. The van der Waals surface area contributed by atoms with E-state index in [1.54, 1.807) is 12.1 Å². The van der Waals surface area contributed by atoms with Gasteiger partial charge >= 0.3 is 5.97 Å². The van der Waals surface area contributed by atoms with Crippen molar-refractivity contribution < 1.29 is 19.4 Å². The van der Waals surface area contributed by atoms with E-state index < -0.39 is 5.97 Å². The van der Waals surface area contributed by atoms with Crippen molar-refractivity contribution in [2.45, 2.75) is 25.2 Å². The van der Waals surface area contributed by atoms with Gasteiger partial charge in [0.1, 0.15) is 0 Å². The predicted octanol–water partition coefficient (Wildman–Crippen LogP) is 2.13. The zero-order chi connectivity index (χ0) is 15.5. The van der Waals surface area contributed by atoms with E-state index in [0.717, 1.165) is 31.4 Å². The molecule has 5 heteroatoms. The molecule has 1 aromatic carbocycles. The molecule has 2 saturated heterocycles. The van der Waals surface area contributed by atoms with Crippen molar-refractivity contribution in [2.75, 3.05) is 26.3 Å². The minimum Gasteiger partial charge on any atom is -0.478 e. The monoisotopic (exact) mass is 303 g/mol. The molecule has 0 aliphatic carbocycles. The van der Waals surface area contributed by atoms with Crippen molar-refractivity contribution in [3.8, 4) is 0 Å². The van der Waals surface area contributed by atoms with E-state index in [1.807, 2.05) is 17.0 Å². The van der Waals surface area contributed by atoms with Crippen LogP contribution in [0.15, 0.2) is 24.3 Å². The number of benzene rings is 1. The summed E-state index contributed by atoms with van der Waals surface area (Å²) >= 11 is 0. The van der Waals surface area contributed by atoms with E-state index in [1.165, 1.54) is 0 Å². The minimum atomic E-state index is -0.898. The summed E-state index contributed by atoms with van der Waals surface area (Å²) in [6.07, 6.45) is 2.43. The molecule has 2 aliphatic heterocycles. The molecule has 3 rings (SSSR count). The van der Waals surface area contributed by atoms with Crippen LogP contribution in [0, 0.1) is 5.92 Å². The first-order valence-corrected chi connectivity index (χ1v) is 7.85. The highest BCUT2D eigenvalue weighted by Gasteiger charge is 2.33. The van der Waals surface area contributed by atoms with Crippen LogP contribution in [0.3, 0.4) is 0 Å². The highest BCUT2D eigenvalue weighted by Crippen LogP contribution is 2.31. The van der Waals surface area contributed by atoms with E-state index in [4.69, 9.17) is 4.74 Å². The molecule has 0 bridgehead atoms. The average Bonchev–Trinajstić information content (AvgIpc) is 3.04. The third-order valence-corrected chi connectivity index (χ3v) is 4.70. The van der Waals surface area contributed by atoms with Gasteiger partial charge in [0.15, 0.2) is 0 Å². The summed E-state index contributed by atoms with van der Waals surface area (Å²) in [4.78, 5) is 25.8. The number of aromatic carboxylic acids is 1. The fourth-order valence-corrected chi connectivity index (χ4v) is 3.46. The lowest BCUT2D eigenvalue weighted by Gasteiger charge is -2.26. The van der Waals surface area contributed by atoms with E-state index >= 15 is 0 Å². The Morgan fingerprint density at radius 2 is 1.86 bits per heavy atom. The normalized spacial score (nSPS) is 22.7. The fourth-order valence-electron chi connectivity index (χ4n) is 3.46. The highest BCUT2D eigenvalue weighted by atomic mass is 16.5. The number of nitrogens with zero attached hydrogens (tertiary/aromatic N) is 1. The smallest absolute Gasteiger partial charge is 0.335 e. The van der Waals surface area contributed by atoms with Crippen LogP contribution in [0.1, 0.15) is 41.1 Å². The van der Waals surface area contributed by atoms with E-state index in [9.17, 15) is 14.7 Å². The summed E-state index contributed by atoms with van der Waals surface area (Å²) in [6.45, 7) is 2.67. The van der Waals surface area contributed by atoms with Gasteiger partial charge in [0, 0.05) is 38.1 Å². The van der Waals surface area contributed by atoms with Crippen LogP contribution in [0.5, 0.6) is 0 Å². The molecule has 1 aromatic rings. The molecule has 22 heavy (non-hydrogen) atoms. The Labute approximate surface area is 129 Å². The Kier molecular flexibility index (Phi) is 4.43. The number of carbonyl (C=O) groups excluding carboxylic acids is 1. The van der Waals surface area contributed by atoms with Gasteiger partial charge < -0.3 is 14.7 Å². The molecule has 118 valence electrons. The van der Waals surface area contributed by atoms with Crippen LogP contribution in [0.2, 0.25) is 0 Å². The van der Waals surface area contributed by atoms with E-state index in [0.29, 0.717) is 25.3 Å². The third-order valence-electron chi connectivity index (χ3n) is 4.70. The van der Waals surface area contributed by atoms with Gasteiger partial charge in [-0.05, 0) is 30.9 Å². The van der Waals surface area contributed by atoms with Crippen molar-refractivity contribution in [3.63, 3.8) is 0 Å². The maximum absolute atomic E-state index is 12.6. The Morgan fingerprint density at radius 1 is 1.14 bits per heavy atom. The lowest BCUT2D eigenvalue weighted by molar-refractivity contribution is -0.137. The minimum absolute atomic E-state index is 0.0715. The fraction of sp³-hybridized carbons (Fsp3) is 0.529. The topological polar surface area (TPSA) is 66.8 Å². The Bertz CT molecular complexity index is 566. The molecule has 0 unspecified atom stereocenters. The maximum Gasteiger partial charge on any atom is 0.335 e. The summed E-state index contributed by atoms with van der Waals surface area (Å²) in [5.41, 5.74) is 1.20. The van der Waals surface area contributed by atoms with Crippen LogP contribution >= 0.6 is 0 Å². The zero-order valence-electron chi connectivity index (χ0n) is 12.5. The third kappa shape index (κ3) is 2.99. The first kappa shape index (κ1) is 15.0. The van der Waals surface area contributed by atoms with Gasteiger partial charge in [0.05, 0.1) is 5.56 Å². The molecule has 0 aromatic heterocycles. The summed E-state index contributed by atoms with van der Waals surface area (Å²) in [6, 6.07) is 7.12. The molecule has 1 N–H and O–H groups in total. The Balaban J connectivity index is 1.70. The van der Waals surface area contributed by atoms with Gasteiger partial charge in [-0.15, -0.1) is 0 Å². The number of likely N-dealkylation sites (tertiary alicyclic amines) is 1. The van der Waals surface area contributed by atoms with Crippen LogP contribution < -0.4 is 0 Å². The van der Waals surface area contributed by atoms with Gasteiger partial charge in [0.25, 0.3) is 0 Å². The molecule has 5 nitrogen and oxygen atoms in total. The molecule has 2 heterocycles. The first-order valence-electron chi connectivity index (χ1n) is 7.85. The van der Waals surface area contributed by atoms with Gasteiger partial charge in [-0.2, -0.15) is 0 Å². The van der Waals surface area contributed by atoms with Crippen LogP contribution in [0.25, 0.3) is 0 Å². The molecule has 2 aliphatic rings. The quantitative estimate of drug-likeness (QED) is 0.929. The number of carbonyl (C=O) groups is 2. The van der Waals surface area contributed by atoms with Crippen LogP contribution in [0.4, 0.5) is 0 Å². The highest BCUT2D eigenvalue weighted by molar-refractivity contribution is 5.89. The molecule has 2 fully saturated rings. The number of rotatable bonds is 3. The summed E-state index contributed by atoms with van der Waals surface area (Å²) in [7, 11) is 0. The number of hydrogen-bond donors (Lipinski definition) is 1. The first-order chi connectivity index (χ1) is 10.7. The van der Waals surface area contributed by atoms with Gasteiger partial charge in [-0.25, -0.2) is 4.79 Å². The standard InChI is InChI=1S/C17H21NO4/c19-16(12-6-9-22-10-7-12)18-8-5-13(11-18)14-3-1-2-4-15(14)17(20)21/h1-4,12-13H,5-11H2,(H,20,21)/t13-/m1/s1. The number of hydrogen-bond acceptors (Lipinski definition) is 3. The zero-order valence-corrected chi connectivity index (χ0v) is 12.5. The number of carboxylic acids is 1. The molecule has 1 atom stereocenters. The largest absolute Gasteiger partial charge is 0.478 e. The maximum atomic E-state index is 12.6. The summed E-state index contributed by atoms with van der Waals surface area (Å²) < 4.78 is 5.31. The van der Waals surface area contributed by atoms with Crippen molar-refractivity contribution in [3.05, 3.63) is 35.4 Å². The lowest BCUT2D eigenvalue weighted by atomic mass is 9.93. The van der Waals surface area contributed by atoms with Gasteiger partial charge in [-0.3, -0.25) is 4.79 Å². The second-order valence-corrected chi connectivity index (χ2v) is 6.05. The second-order valence-electron chi connectivity index (χ2n) is 6.05. The SMILES string of the molecule is O=C(O)c1ccccc1[C@@H]1CCN(C(=O)C2CCOCC2)C1. The number of amides is 1. The van der Waals surface area contributed by atoms with Crippen LogP contribution in [-0.2, 0) is 9.53 Å². The molecular weight excluding hydrogens is 282 g/mol. The predicted molar refractivity (Wildman–Crippen MR) is 80.9 cm³/mol. The van der Waals surface area contributed by atoms with E-state index in [-0.39, 0.29) is 17.7 Å². The van der Waals surface area contributed by atoms with Gasteiger partial charge in [-0.1, -0.05) is 18.2 Å². The van der Waals surface area contributed by atoms with Crippen molar-refractivity contribution in [1.82, 2.24) is 4.90 Å². The summed E-state index contributed by atoms with van der Waals surface area (Å²) in [5, 5.41) is 9.31. The molecule has 0 spiro atoms. The van der Waals surface area contributed by atoms with Crippen molar-refractivity contribution in [2.24, 2.45) is 5.92 Å². The van der Waals surface area contributed by atoms with E-state index in [2.05, 4.69) is 0 Å². The van der Waals surface area contributed by atoms with Crippen LogP contribution in [-0.4, -0.2) is 48.2 Å². The number of ether oxygens (including phenoxy) is 1. The Hall–Kier alpha value is -1.88. The second kappa shape index (κ2) is 6.48. The summed E-state index contributed by atoms with van der Waals surface area (Å²) in [5.74, 6) is -0.498. The Morgan fingerprint density at radius 3 is 2.59 bits per heavy atom. The molecule has 0 radical (unpaired) electrons. The average molecular weight is 303 g/mol. The molecule has 1 amide bonds. The number of carboxylic acid groups (broad SMARTS) is 1. The van der Waals surface area contributed by atoms with Crippen molar-refractivity contribution in [1.29, 1.82) is 0 Å².